The van der Waals surface area contributed by atoms with E-state index < -0.39 is 0 Å². The second-order valence-corrected chi connectivity index (χ2v) is 6.68. The smallest absolute Gasteiger partial charge is 0.133 e. The summed E-state index contributed by atoms with van der Waals surface area (Å²) in [7, 11) is 0. The molecular weight excluding hydrogens is 260 g/mol. The second kappa shape index (κ2) is 5.51. The van der Waals surface area contributed by atoms with Gasteiger partial charge in [0.25, 0.3) is 0 Å². The lowest BCUT2D eigenvalue weighted by Gasteiger charge is -2.22. The predicted octanol–water partition coefficient (Wildman–Crippen LogP) is 4.25. The topological polar surface area (TPSA) is 24.9 Å². The molecule has 0 fully saturated rings. The van der Waals surface area contributed by atoms with Crippen molar-refractivity contribution < 1.29 is 0 Å². The monoisotopic (exact) mass is 278 g/mol. The van der Waals surface area contributed by atoms with Crippen molar-refractivity contribution >= 4 is 22.7 Å². The first-order valence-electron chi connectivity index (χ1n) is 6.65. The van der Waals surface area contributed by atoms with Gasteiger partial charge in [-0.3, -0.25) is 0 Å². The summed E-state index contributed by atoms with van der Waals surface area (Å²) in [4.78, 5) is 7.63. The number of fused-ring (bicyclic) bond motifs is 1. The van der Waals surface area contributed by atoms with Crippen molar-refractivity contribution in [3.63, 3.8) is 0 Å². The normalized spacial score (nSPS) is 18.8. The van der Waals surface area contributed by atoms with Crippen LogP contribution in [0, 0.1) is 0 Å². The average Bonchev–Trinajstić information content (AvgIpc) is 3.03. The van der Waals surface area contributed by atoms with Gasteiger partial charge in [-0.25, -0.2) is 4.98 Å². The van der Waals surface area contributed by atoms with Crippen molar-refractivity contribution in [3.8, 4) is 9.88 Å². The van der Waals surface area contributed by atoms with E-state index in [1.807, 2.05) is 11.3 Å². The van der Waals surface area contributed by atoms with Crippen LogP contribution in [0.2, 0.25) is 0 Å². The van der Waals surface area contributed by atoms with E-state index in [9.17, 15) is 0 Å². The van der Waals surface area contributed by atoms with E-state index in [1.54, 1.807) is 11.3 Å². The number of rotatable bonds is 4. The van der Waals surface area contributed by atoms with Crippen molar-refractivity contribution in [3.05, 3.63) is 28.1 Å². The highest BCUT2D eigenvalue weighted by molar-refractivity contribution is 7.21. The molecule has 0 saturated carbocycles. The number of thiazole rings is 1. The molecule has 4 heteroatoms. The molecule has 3 rings (SSSR count). The first-order chi connectivity index (χ1) is 8.88. The molecule has 0 radical (unpaired) electrons. The molecule has 1 unspecified atom stereocenters. The van der Waals surface area contributed by atoms with Crippen molar-refractivity contribution in [2.45, 2.75) is 38.6 Å². The third-order valence-corrected chi connectivity index (χ3v) is 5.57. The molecule has 0 spiro atoms. The molecule has 96 valence electrons. The summed E-state index contributed by atoms with van der Waals surface area (Å²) < 4.78 is 0. The molecule has 2 heterocycles. The first kappa shape index (κ1) is 12.3. The van der Waals surface area contributed by atoms with E-state index in [4.69, 9.17) is 4.98 Å². The van der Waals surface area contributed by atoms with E-state index in [0.717, 1.165) is 13.0 Å². The third kappa shape index (κ3) is 2.37. The van der Waals surface area contributed by atoms with Crippen LogP contribution >= 0.6 is 22.7 Å². The number of thiophene rings is 1. The van der Waals surface area contributed by atoms with Crippen LogP contribution in [0.25, 0.3) is 9.88 Å². The Labute approximate surface area is 116 Å². The van der Waals surface area contributed by atoms with E-state index in [-0.39, 0.29) is 0 Å². The predicted molar refractivity (Wildman–Crippen MR) is 79.4 cm³/mol. The van der Waals surface area contributed by atoms with Crippen LogP contribution in [0.1, 0.15) is 42.8 Å². The molecule has 0 saturated heterocycles. The maximum atomic E-state index is 4.84. The highest BCUT2D eigenvalue weighted by atomic mass is 32.1. The van der Waals surface area contributed by atoms with Gasteiger partial charge in [-0.2, -0.15) is 0 Å². The van der Waals surface area contributed by atoms with E-state index in [0.29, 0.717) is 6.04 Å². The molecule has 2 aromatic heterocycles. The molecule has 18 heavy (non-hydrogen) atoms. The minimum absolute atomic E-state index is 0.542. The quantitative estimate of drug-likeness (QED) is 0.904. The van der Waals surface area contributed by atoms with Gasteiger partial charge in [-0.05, 0) is 43.7 Å². The number of hydrogen-bond donors (Lipinski definition) is 1. The van der Waals surface area contributed by atoms with Crippen molar-refractivity contribution in [1.29, 1.82) is 0 Å². The summed E-state index contributed by atoms with van der Waals surface area (Å²) in [5.41, 5.74) is 1.34. The van der Waals surface area contributed by atoms with Crippen molar-refractivity contribution in [2.75, 3.05) is 6.54 Å². The largest absolute Gasteiger partial charge is 0.309 e. The Hall–Kier alpha value is -0.710. The Morgan fingerprint density at radius 1 is 1.50 bits per heavy atom. The lowest BCUT2D eigenvalue weighted by Crippen LogP contribution is -2.24. The summed E-state index contributed by atoms with van der Waals surface area (Å²) >= 11 is 3.67. The molecule has 0 aliphatic heterocycles. The summed E-state index contributed by atoms with van der Waals surface area (Å²) in [6.45, 7) is 3.33. The first-order valence-corrected chi connectivity index (χ1v) is 8.35. The zero-order valence-electron chi connectivity index (χ0n) is 10.6. The number of hydrogen-bond acceptors (Lipinski definition) is 4. The Balaban J connectivity index is 1.88. The van der Waals surface area contributed by atoms with Gasteiger partial charge in [0.15, 0.2) is 0 Å². The van der Waals surface area contributed by atoms with Crippen LogP contribution in [0.4, 0.5) is 0 Å². The minimum Gasteiger partial charge on any atom is -0.309 e. The van der Waals surface area contributed by atoms with Gasteiger partial charge >= 0.3 is 0 Å². The number of aromatic nitrogens is 1. The van der Waals surface area contributed by atoms with Gasteiger partial charge in [0, 0.05) is 10.9 Å². The van der Waals surface area contributed by atoms with E-state index in [2.05, 4.69) is 29.8 Å². The highest BCUT2D eigenvalue weighted by Crippen LogP contribution is 2.39. The molecule has 1 aliphatic rings. The van der Waals surface area contributed by atoms with Gasteiger partial charge in [0.05, 0.1) is 10.6 Å². The second-order valence-electron chi connectivity index (χ2n) is 4.71. The molecule has 0 amide bonds. The van der Waals surface area contributed by atoms with Crippen LogP contribution in [0.5, 0.6) is 0 Å². The average molecular weight is 278 g/mol. The molecule has 2 nitrogen and oxygen atoms in total. The Morgan fingerprint density at radius 2 is 2.44 bits per heavy atom. The number of nitrogens with one attached hydrogen (secondary N) is 1. The molecule has 2 aromatic rings. The lowest BCUT2D eigenvalue weighted by atomic mass is 9.98. The van der Waals surface area contributed by atoms with Crippen molar-refractivity contribution in [2.24, 2.45) is 0 Å². The maximum absolute atomic E-state index is 4.84. The Bertz CT molecular complexity index is 502. The van der Waals surface area contributed by atoms with Crippen LogP contribution in [-0.2, 0) is 6.42 Å². The minimum atomic E-state index is 0.542. The molecule has 1 atom stereocenters. The Morgan fingerprint density at radius 3 is 3.22 bits per heavy atom. The fraction of sp³-hybridized carbons (Fsp3) is 0.500. The van der Waals surface area contributed by atoms with Gasteiger partial charge in [0.2, 0.25) is 0 Å². The van der Waals surface area contributed by atoms with Crippen LogP contribution in [-0.4, -0.2) is 11.5 Å². The lowest BCUT2D eigenvalue weighted by molar-refractivity contribution is 0.465. The molecule has 1 N–H and O–H groups in total. The van der Waals surface area contributed by atoms with Crippen LogP contribution < -0.4 is 5.32 Å². The SMILES string of the molecule is CCCNC1CCCc2nc(-c3cccs3)sc21. The maximum Gasteiger partial charge on any atom is 0.133 e. The summed E-state index contributed by atoms with van der Waals surface area (Å²) in [6.07, 6.45) is 4.88. The van der Waals surface area contributed by atoms with E-state index in [1.165, 1.54) is 39.7 Å². The molecule has 1 aliphatic carbocycles. The molecule has 0 bridgehead atoms. The zero-order valence-corrected chi connectivity index (χ0v) is 12.2. The fourth-order valence-corrected chi connectivity index (χ4v) is 4.46. The van der Waals surface area contributed by atoms with Gasteiger partial charge in [-0.15, -0.1) is 22.7 Å². The summed E-state index contributed by atoms with van der Waals surface area (Å²) in [5.74, 6) is 0. The van der Waals surface area contributed by atoms with Crippen molar-refractivity contribution in [1.82, 2.24) is 10.3 Å². The number of aryl methyl sites for hydroxylation is 1. The summed E-state index contributed by atoms with van der Waals surface area (Å²) in [5, 5.41) is 7.00. The number of nitrogens with zero attached hydrogens (tertiary/aromatic N) is 1. The standard InChI is InChI=1S/C14H18N2S2/c1-2-8-15-10-5-3-6-11-13(10)18-14(16-11)12-7-4-9-17-12/h4,7,9-10,15H,2-3,5-6,8H2,1H3. The zero-order chi connectivity index (χ0) is 12.4. The van der Waals surface area contributed by atoms with E-state index >= 15 is 0 Å². The Kier molecular flexibility index (Phi) is 3.77. The van der Waals surface area contributed by atoms with Gasteiger partial charge in [0.1, 0.15) is 5.01 Å². The molecular formula is C14H18N2S2. The highest BCUT2D eigenvalue weighted by Gasteiger charge is 2.24. The third-order valence-electron chi connectivity index (χ3n) is 3.32. The van der Waals surface area contributed by atoms with Gasteiger partial charge < -0.3 is 5.32 Å². The summed E-state index contributed by atoms with van der Waals surface area (Å²) in [6, 6.07) is 4.82. The van der Waals surface area contributed by atoms with Crippen LogP contribution in [0.15, 0.2) is 17.5 Å². The van der Waals surface area contributed by atoms with Crippen LogP contribution in [0.3, 0.4) is 0 Å². The molecule has 0 aromatic carbocycles. The fourth-order valence-electron chi connectivity index (χ4n) is 2.44. The van der Waals surface area contributed by atoms with Gasteiger partial charge in [-0.1, -0.05) is 13.0 Å².